The van der Waals surface area contributed by atoms with E-state index in [0.717, 1.165) is 25.9 Å². The van der Waals surface area contributed by atoms with Gasteiger partial charge in [0.1, 0.15) is 0 Å². The minimum absolute atomic E-state index is 0.0823. The fourth-order valence-electron chi connectivity index (χ4n) is 2.66. The minimum atomic E-state index is 0.0823. The van der Waals surface area contributed by atoms with Gasteiger partial charge in [-0.3, -0.25) is 0 Å². The molecule has 0 bridgehead atoms. The maximum Gasteiger partial charge on any atom is 0.0965 e. The highest BCUT2D eigenvalue weighted by atomic mass is 16.6. The number of ether oxygens (including phenoxy) is 2. The van der Waals surface area contributed by atoms with E-state index in [2.05, 4.69) is 13.8 Å². The Morgan fingerprint density at radius 3 is 2.85 bits per heavy atom. The SMILES string of the molecule is CC[C@@H]1C[C@]2(CC)OCCC[C@@H]2O1. The third-order valence-electron chi connectivity index (χ3n) is 3.57. The van der Waals surface area contributed by atoms with Crippen LogP contribution in [0.1, 0.15) is 46.0 Å². The predicted molar refractivity (Wildman–Crippen MR) is 51.8 cm³/mol. The average molecular weight is 184 g/mol. The minimum Gasteiger partial charge on any atom is -0.372 e. The molecule has 0 radical (unpaired) electrons. The first kappa shape index (κ1) is 9.47. The second-order valence-corrected chi connectivity index (χ2v) is 4.27. The van der Waals surface area contributed by atoms with E-state index in [4.69, 9.17) is 9.47 Å². The number of fused-ring (bicyclic) bond motifs is 1. The van der Waals surface area contributed by atoms with Crippen LogP contribution in [0.3, 0.4) is 0 Å². The van der Waals surface area contributed by atoms with Crippen LogP contribution in [0.25, 0.3) is 0 Å². The molecule has 0 aromatic carbocycles. The van der Waals surface area contributed by atoms with Gasteiger partial charge in [-0.25, -0.2) is 0 Å². The van der Waals surface area contributed by atoms with Crippen molar-refractivity contribution < 1.29 is 9.47 Å². The van der Waals surface area contributed by atoms with E-state index in [1.807, 2.05) is 0 Å². The molecule has 0 aliphatic carbocycles. The van der Waals surface area contributed by atoms with Crippen molar-refractivity contribution >= 4 is 0 Å². The lowest BCUT2D eigenvalue weighted by atomic mass is 9.86. The monoisotopic (exact) mass is 184 g/mol. The summed E-state index contributed by atoms with van der Waals surface area (Å²) < 4.78 is 11.9. The third kappa shape index (κ3) is 1.50. The zero-order valence-electron chi connectivity index (χ0n) is 8.71. The Morgan fingerprint density at radius 1 is 1.38 bits per heavy atom. The van der Waals surface area contributed by atoms with Crippen LogP contribution in [0.2, 0.25) is 0 Å². The van der Waals surface area contributed by atoms with Crippen molar-refractivity contribution in [3.63, 3.8) is 0 Å². The molecule has 2 fully saturated rings. The fraction of sp³-hybridized carbons (Fsp3) is 1.00. The molecule has 2 aliphatic heterocycles. The van der Waals surface area contributed by atoms with Crippen LogP contribution in [0.15, 0.2) is 0 Å². The first-order valence-electron chi connectivity index (χ1n) is 5.60. The van der Waals surface area contributed by atoms with E-state index in [0.29, 0.717) is 12.2 Å². The van der Waals surface area contributed by atoms with Crippen LogP contribution in [0.4, 0.5) is 0 Å². The van der Waals surface area contributed by atoms with Gasteiger partial charge in [0.05, 0.1) is 17.8 Å². The first-order chi connectivity index (χ1) is 6.30. The van der Waals surface area contributed by atoms with Crippen LogP contribution >= 0.6 is 0 Å². The van der Waals surface area contributed by atoms with Gasteiger partial charge in [0.2, 0.25) is 0 Å². The second-order valence-electron chi connectivity index (χ2n) is 4.27. The van der Waals surface area contributed by atoms with Gasteiger partial charge in [0, 0.05) is 13.0 Å². The van der Waals surface area contributed by atoms with Gasteiger partial charge in [0.25, 0.3) is 0 Å². The standard InChI is InChI=1S/C11H20O2/c1-3-9-8-11(4-2)10(13-9)6-5-7-12-11/h9-10H,3-8H2,1-2H3/t9-,10+,11+/m1/s1. The van der Waals surface area contributed by atoms with Gasteiger partial charge in [-0.2, -0.15) is 0 Å². The summed E-state index contributed by atoms with van der Waals surface area (Å²) in [5, 5.41) is 0. The summed E-state index contributed by atoms with van der Waals surface area (Å²) in [4.78, 5) is 0. The Morgan fingerprint density at radius 2 is 2.23 bits per heavy atom. The molecule has 3 atom stereocenters. The molecule has 2 saturated heterocycles. The number of rotatable bonds is 2. The molecule has 2 aliphatic rings. The summed E-state index contributed by atoms with van der Waals surface area (Å²) in [6, 6.07) is 0. The first-order valence-corrected chi connectivity index (χ1v) is 5.60. The lowest BCUT2D eigenvalue weighted by molar-refractivity contribution is -0.128. The smallest absolute Gasteiger partial charge is 0.0965 e. The van der Waals surface area contributed by atoms with Crippen molar-refractivity contribution in [1.29, 1.82) is 0 Å². The lowest BCUT2D eigenvalue weighted by Gasteiger charge is -2.37. The van der Waals surface area contributed by atoms with Crippen LogP contribution in [0, 0.1) is 0 Å². The molecular formula is C11H20O2. The Hall–Kier alpha value is -0.0800. The van der Waals surface area contributed by atoms with Crippen LogP contribution < -0.4 is 0 Å². The molecule has 2 heteroatoms. The quantitative estimate of drug-likeness (QED) is 0.656. The molecule has 13 heavy (non-hydrogen) atoms. The van der Waals surface area contributed by atoms with E-state index in [9.17, 15) is 0 Å². The van der Waals surface area contributed by atoms with E-state index >= 15 is 0 Å². The molecule has 2 nitrogen and oxygen atoms in total. The van der Waals surface area contributed by atoms with Gasteiger partial charge in [-0.15, -0.1) is 0 Å². The summed E-state index contributed by atoms with van der Waals surface area (Å²) in [5.74, 6) is 0. The molecule has 76 valence electrons. The Balaban J connectivity index is 2.10. The maximum atomic E-state index is 5.98. The largest absolute Gasteiger partial charge is 0.372 e. The van der Waals surface area contributed by atoms with Gasteiger partial charge >= 0.3 is 0 Å². The summed E-state index contributed by atoms with van der Waals surface area (Å²) in [6.07, 6.45) is 6.55. The average Bonchev–Trinajstić information content (AvgIpc) is 2.56. The van der Waals surface area contributed by atoms with Gasteiger partial charge in [-0.1, -0.05) is 13.8 Å². The molecule has 0 amide bonds. The summed E-state index contributed by atoms with van der Waals surface area (Å²) in [5.41, 5.74) is 0.0823. The highest BCUT2D eigenvalue weighted by molar-refractivity contribution is 4.98. The van der Waals surface area contributed by atoms with E-state index in [1.165, 1.54) is 12.8 Å². The molecule has 0 saturated carbocycles. The van der Waals surface area contributed by atoms with Crippen LogP contribution in [-0.2, 0) is 9.47 Å². The topological polar surface area (TPSA) is 18.5 Å². The van der Waals surface area contributed by atoms with Gasteiger partial charge < -0.3 is 9.47 Å². The summed E-state index contributed by atoms with van der Waals surface area (Å²) in [6.45, 7) is 5.36. The molecule has 0 aromatic rings. The maximum absolute atomic E-state index is 5.98. The fourth-order valence-corrected chi connectivity index (χ4v) is 2.66. The van der Waals surface area contributed by atoms with Gasteiger partial charge in [-0.05, 0) is 25.7 Å². The summed E-state index contributed by atoms with van der Waals surface area (Å²) in [7, 11) is 0. The Bertz CT molecular complexity index is 181. The normalized spacial score (nSPS) is 44.8. The van der Waals surface area contributed by atoms with Crippen molar-refractivity contribution in [3.8, 4) is 0 Å². The highest BCUT2D eigenvalue weighted by Crippen LogP contribution is 2.42. The van der Waals surface area contributed by atoms with Gasteiger partial charge in [0.15, 0.2) is 0 Å². The van der Waals surface area contributed by atoms with Crippen LogP contribution in [0.5, 0.6) is 0 Å². The molecular weight excluding hydrogens is 164 g/mol. The van der Waals surface area contributed by atoms with Crippen molar-refractivity contribution in [3.05, 3.63) is 0 Å². The van der Waals surface area contributed by atoms with E-state index in [1.54, 1.807) is 0 Å². The predicted octanol–water partition coefficient (Wildman–Crippen LogP) is 2.51. The molecule has 0 unspecified atom stereocenters. The third-order valence-corrected chi connectivity index (χ3v) is 3.57. The zero-order chi connectivity index (χ0) is 9.31. The number of hydrogen-bond acceptors (Lipinski definition) is 2. The second kappa shape index (κ2) is 3.58. The summed E-state index contributed by atoms with van der Waals surface area (Å²) >= 11 is 0. The molecule has 0 N–H and O–H groups in total. The Kier molecular flexibility index (Phi) is 2.61. The number of hydrogen-bond donors (Lipinski definition) is 0. The molecule has 0 aromatic heterocycles. The molecule has 2 rings (SSSR count). The van der Waals surface area contributed by atoms with Crippen molar-refractivity contribution in [2.24, 2.45) is 0 Å². The van der Waals surface area contributed by atoms with Crippen molar-refractivity contribution in [2.75, 3.05) is 6.61 Å². The Labute approximate surface area is 80.6 Å². The van der Waals surface area contributed by atoms with Crippen molar-refractivity contribution in [2.45, 2.75) is 63.8 Å². The van der Waals surface area contributed by atoms with Crippen LogP contribution in [-0.4, -0.2) is 24.4 Å². The zero-order valence-corrected chi connectivity index (χ0v) is 8.71. The van der Waals surface area contributed by atoms with Crippen molar-refractivity contribution in [1.82, 2.24) is 0 Å². The van der Waals surface area contributed by atoms with E-state index in [-0.39, 0.29) is 5.60 Å². The highest BCUT2D eigenvalue weighted by Gasteiger charge is 2.48. The molecule has 2 heterocycles. The lowest BCUT2D eigenvalue weighted by Crippen LogP contribution is -2.44. The van der Waals surface area contributed by atoms with E-state index < -0.39 is 0 Å². The molecule has 0 spiro atoms.